The minimum atomic E-state index is 0.352. The number of methoxy groups -OCH3 is 2. The molecule has 2 heterocycles. The van der Waals surface area contributed by atoms with E-state index < -0.39 is 0 Å². The number of rotatable bonds is 12. The summed E-state index contributed by atoms with van der Waals surface area (Å²) in [6, 6.07) is 23.4. The number of aromatic nitrogens is 4. The molecule has 10 heteroatoms. The third kappa shape index (κ3) is 6.08. The van der Waals surface area contributed by atoms with Crippen LogP contribution in [0, 0.1) is 0 Å². The van der Waals surface area contributed by atoms with E-state index in [2.05, 4.69) is 29.5 Å². The van der Waals surface area contributed by atoms with E-state index in [0.29, 0.717) is 53.4 Å². The summed E-state index contributed by atoms with van der Waals surface area (Å²) in [4.78, 5) is 13.9. The molecule has 2 aromatic heterocycles. The fraction of sp³-hybridized carbons (Fsp3) is 0.233. The van der Waals surface area contributed by atoms with Crippen molar-refractivity contribution < 1.29 is 18.9 Å². The maximum atomic E-state index is 6.24. The molecule has 40 heavy (non-hydrogen) atoms. The Balaban J connectivity index is 1.42. The van der Waals surface area contributed by atoms with E-state index in [1.807, 2.05) is 71.3 Å². The van der Waals surface area contributed by atoms with Crippen molar-refractivity contribution in [3.63, 3.8) is 0 Å². The van der Waals surface area contributed by atoms with Gasteiger partial charge in [0.25, 0.3) is 0 Å². The molecule has 0 spiro atoms. The van der Waals surface area contributed by atoms with Crippen LogP contribution in [0.1, 0.15) is 13.8 Å². The second-order valence-electron chi connectivity index (χ2n) is 9.16. The SMILES string of the molecule is COc1cc(Nc2nccc(-n3c(Oc4ccccc4OC)nc4ccccc43)n2)ccc1OCCNC(C)C. The molecule has 5 rings (SSSR count). The van der Waals surface area contributed by atoms with Gasteiger partial charge in [-0.25, -0.2) is 9.55 Å². The number of benzene rings is 3. The number of anilines is 2. The molecule has 2 N–H and O–H groups in total. The zero-order valence-corrected chi connectivity index (χ0v) is 22.9. The molecule has 0 bridgehead atoms. The maximum Gasteiger partial charge on any atom is 0.309 e. The highest BCUT2D eigenvalue weighted by Gasteiger charge is 2.18. The lowest BCUT2D eigenvalue weighted by Crippen LogP contribution is -2.27. The van der Waals surface area contributed by atoms with Crippen molar-refractivity contribution in [2.45, 2.75) is 19.9 Å². The van der Waals surface area contributed by atoms with E-state index >= 15 is 0 Å². The van der Waals surface area contributed by atoms with E-state index in [9.17, 15) is 0 Å². The van der Waals surface area contributed by atoms with Crippen molar-refractivity contribution in [1.82, 2.24) is 24.8 Å². The predicted octanol–water partition coefficient (Wildman–Crippen LogP) is 5.75. The minimum absolute atomic E-state index is 0.352. The average Bonchev–Trinajstić information content (AvgIpc) is 3.34. The first-order valence-corrected chi connectivity index (χ1v) is 13.0. The second-order valence-corrected chi connectivity index (χ2v) is 9.16. The summed E-state index contributed by atoms with van der Waals surface area (Å²) >= 11 is 0. The molecule has 0 atom stereocenters. The lowest BCUT2D eigenvalue weighted by Gasteiger charge is -2.14. The van der Waals surface area contributed by atoms with Crippen LogP contribution in [0.25, 0.3) is 16.9 Å². The molecule has 0 saturated heterocycles. The average molecular weight is 541 g/mol. The molecular formula is C30H32N6O4. The van der Waals surface area contributed by atoms with E-state index in [1.165, 1.54) is 0 Å². The van der Waals surface area contributed by atoms with E-state index in [0.717, 1.165) is 23.3 Å². The zero-order valence-electron chi connectivity index (χ0n) is 22.9. The molecule has 0 aliphatic rings. The van der Waals surface area contributed by atoms with Gasteiger partial charge in [0.05, 0.1) is 25.3 Å². The number of ether oxygens (including phenoxy) is 4. The third-order valence-corrected chi connectivity index (χ3v) is 6.00. The number of fused-ring (bicyclic) bond motifs is 1. The highest BCUT2D eigenvalue weighted by atomic mass is 16.5. The fourth-order valence-electron chi connectivity index (χ4n) is 4.13. The normalized spacial score (nSPS) is 11.0. The largest absolute Gasteiger partial charge is 0.493 e. The number of nitrogens with one attached hydrogen (secondary N) is 2. The van der Waals surface area contributed by atoms with Gasteiger partial charge in [-0.15, -0.1) is 0 Å². The number of hydrogen-bond acceptors (Lipinski definition) is 9. The second kappa shape index (κ2) is 12.4. The van der Waals surface area contributed by atoms with Gasteiger partial charge in [0.2, 0.25) is 5.95 Å². The van der Waals surface area contributed by atoms with Crippen LogP contribution in [-0.2, 0) is 0 Å². The lowest BCUT2D eigenvalue weighted by molar-refractivity contribution is 0.289. The fourth-order valence-corrected chi connectivity index (χ4v) is 4.13. The molecule has 10 nitrogen and oxygen atoms in total. The van der Waals surface area contributed by atoms with Gasteiger partial charge in [0, 0.05) is 36.6 Å². The molecule has 0 aliphatic heterocycles. The summed E-state index contributed by atoms with van der Waals surface area (Å²) in [5, 5.41) is 6.59. The summed E-state index contributed by atoms with van der Waals surface area (Å²) in [5.41, 5.74) is 2.36. The Morgan fingerprint density at radius 3 is 2.40 bits per heavy atom. The minimum Gasteiger partial charge on any atom is -0.493 e. The summed E-state index contributed by atoms with van der Waals surface area (Å²) in [7, 11) is 3.22. The Hall–Kier alpha value is -4.83. The van der Waals surface area contributed by atoms with Crippen molar-refractivity contribution in [1.29, 1.82) is 0 Å². The monoisotopic (exact) mass is 540 g/mol. The van der Waals surface area contributed by atoms with Gasteiger partial charge < -0.3 is 29.6 Å². The van der Waals surface area contributed by atoms with Crippen LogP contribution >= 0.6 is 0 Å². The smallest absolute Gasteiger partial charge is 0.309 e. The van der Waals surface area contributed by atoms with Gasteiger partial charge in [-0.2, -0.15) is 9.97 Å². The number of hydrogen-bond donors (Lipinski definition) is 2. The van der Waals surface area contributed by atoms with Gasteiger partial charge in [-0.1, -0.05) is 38.1 Å². The molecule has 0 amide bonds. The first-order valence-electron chi connectivity index (χ1n) is 13.0. The molecule has 0 unspecified atom stereocenters. The van der Waals surface area contributed by atoms with Crippen LogP contribution in [0.4, 0.5) is 11.6 Å². The quantitative estimate of drug-likeness (QED) is 0.192. The maximum absolute atomic E-state index is 6.24. The van der Waals surface area contributed by atoms with Gasteiger partial charge in [0.1, 0.15) is 12.4 Å². The first-order chi connectivity index (χ1) is 19.6. The highest BCUT2D eigenvalue weighted by molar-refractivity contribution is 5.79. The van der Waals surface area contributed by atoms with E-state index in [-0.39, 0.29) is 0 Å². The van der Waals surface area contributed by atoms with Gasteiger partial charge in [-0.05, 0) is 36.4 Å². The van der Waals surface area contributed by atoms with Crippen molar-refractivity contribution in [2.24, 2.45) is 0 Å². The zero-order chi connectivity index (χ0) is 27.9. The first kappa shape index (κ1) is 26.8. The molecule has 5 aromatic rings. The van der Waals surface area contributed by atoms with E-state index in [1.54, 1.807) is 26.5 Å². The number of para-hydroxylation sites is 4. The summed E-state index contributed by atoms with van der Waals surface area (Å²) < 4.78 is 25.0. The van der Waals surface area contributed by atoms with Crippen LogP contribution in [-0.4, -0.2) is 52.9 Å². The van der Waals surface area contributed by atoms with Crippen LogP contribution < -0.4 is 29.6 Å². The number of imidazole rings is 1. The molecule has 0 radical (unpaired) electrons. The predicted molar refractivity (Wildman–Crippen MR) is 155 cm³/mol. The molecule has 206 valence electrons. The highest BCUT2D eigenvalue weighted by Crippen LogP contribution is 2.34. The van der Waals surface area contributed by atoms with Gasteiger partial charge in [0.15, 0.2) is 23.0 Å². The summed E-state index contributed by atoms with van der Waals surface area (Å²) in [6.45, 7) is 5.47. The Morgan fingerprint density at radius 1 is 0.825 bits per heavy atom. The Labute approximate surface area is 232 Å². The Kier molecular flexibility index (Phi) is 8.26. The Morgan fingerprint density at radius 2 is 1.60 bits per heavy atom. The standard InChI is InChI=1S/C30H32N6O4/c1-20(2)31-17-18-39-25-14-13-21(19-27(25)38-4)33-29-32-16-15-28(35-29)36-23-10-6-5-9-22(23)34-30(36)40-26-12-8-7-11-24(26)37-3/h5-16,19-20,31H,17-18H2,1-4H3,(H,32,33,35). The summed E-state index contributed by atoms with van der Waals surface area (Å²) in [6.07, 6.45) is 1.68. The van der Waals surface area contributed by atoms with Crippen LogP contribution in [0.15, 0.2) is 79.0 Å². The van der Waals surface area contributed by atoms with Crippen LogP contribution in [0.2, 0.25) is 0 Å². The molecular weight excluding hydrogens is 508 g/mol. The molecule has 3 aromatic carbocycles. The van der Waals surface area contributed by atoms with Crippen molar-refractivity contribution in [3.05, 3.63) is 79.0 Å². The van der Waals surface area contributed by atoms with Gasteiger partial charge in [-0.3, -0.25) is 0 Å². The Bertz CT molecular complexity index is 1590. The van der Waals surface area contributed by atoms with E-state index in [4.69, 9.17) is 28.9 Å². The van der Waals surface area contributed by atoms with Crippen LogP contribution in [0.3, 0.4) is 0 Å². The topological polar surface area (TPSA) is 105 Å². The number of nitrogens with zero attached hydrogens (tertiary/aromatic N) is 4. The van der Waals surface area contributed by atoms with Crippen LogP contribution in [0.5, 0.6) is 29.0 Å². The van der Waals surface area contributed by atoms with Gasteiger partial charge >= 0.3 is 6.01 Å². The van der Waals surface area contributed by atoms with Crippen molar-refractivity contribution in [3.8, 4) is 34.8 Å². The summed E-state index contributed by atoms with van der Waals surface area (Å²) in [5.74, 6) is 3.40. The lowest BCUT2D eigenvalue weighted by atomic mass is 10.2. The molecule has 0 saturated carbocycles. The molecule has 0 fully saturated rings. The van der Waals surface area contributed by atoms with Crippen molar-refractivity contribution >= 4 is 22.7 Å². The van der Waals surface area contributed by atoms with Crippen molar-refractivity contribution in [2.75, 3.05) is 32.7 Å². The third-order valence-electron chi connectivity index (χ3n) is 6.00. The molecule has 0 aliphatic carbocycles.